The number of amides is 1. The Labute approximate surface area is 110 Å². The molecular weight excluding hydrogens is 261 g/mol. The van der Waals surface area contributed by atoms with Crippen LogP contribution in [0.1, 0.15) is 23.3 Å². The molecule has 2 rings (SSSR count). The molecule has 1 aromatic rings. The number of hydrogen-bond acceptors (Lipinski definition) is 2. The van der Waals surface area contributed by atoms with Gasteiger partial charge in [-0.15, -0.1) is 0 Å². The topological polar surface area (TPSA) is 56.9 Å². The molecule has 1 amide bonds. The summed E-state index contributed by atoms with van der Waals surface area (Å²) in [5, 5.41) is 6.87. The highest BCUT2D eigenvalue weighted by Crippen LogP contribution is 2.21. The van der Waals surface area contributed by atoms with Crippen molar-refractivity contribution in [3.8, 4) is 0 Å². The molecular formula is C11H15Cl2N3O. The fourth-order valence-electron chi connectivity index (χ4n) is 1.96. The molecule has 3 N–H and O–H groups in total. The summed E-state index contributed by atoms with van der Waals surface area (Å²) >= 11 is 11.5. The SMILES string of the molecule is O=C(NCC1CCCNC1)c1cc(Cl)c(Cl)[nH]1. The number of piperidine rings is 1. The number of rotatable bonds is 3. The normalized spacial score (nSPS) is 20.2. The number of halogens is 2. The molecule has 0 aromatic carbocycles. The highest BCUT2D eigenvalue weighted by atomic mass is 35.5. The summed E-state index contributed by atoms with van der Waals surface area (Å²) in [5.41, 5.74) is 0.406. The second-order valence-corrected chi connectivity index (χ2v) is 5.05. The summed E-state index contributed by atoms with van der Waals surface area (Å²) in [6.07, 6.45) is 2.32. The fourth-order valence-corrected chi connectivity index (χ4v) is 2.27. The van der Waals surface area contributed by atoms with E-state index in [-0.39, 0.29) is 5.91 Å². The molecule has 2 heterocycles. The Morgan fingerprint density at radius 3 is 2.94 bits per heavy atom. The zero-order valence-corrected chi connectivity index (χ0v) is 10.9. The Morgan fingerprint density at radius 1 is 1.53 bits per heavy atom. The van der Waals surface area contributed by atoms with E-state index in [1.165, 1.54) is 6.42 Å². The third kappa shape index (κ3) is 3.37. The van der Waals surface area contributed by atoms with Crippen LogP contribution in [0.4, 0.5) is 0 Å². The van der Waals surface area contributed by atoms with Crippen molar-refractivity contribution in [2.45, 2.75) is 12.8 Å². The van der Waals surface area contributed by atoms with Crippen molar-refractivity contribution < 1.29 is 4.79 Å². The van der Waals surface area contributed by atoms with Gasteiger partial charge < -0.3 is 15.6 Å². The van der Waals surface area contributed by atoms with E-state index in [2.05, 4.69) is 15.6 Å². The third-order valence-corrected chi connectivity index (χ3v) is 3.61. The number of aromatic nitrogens is 1. The van der Waals surface area contributed by atoms with Crippen LogP contribution in [0, 0.1) is 5.92 Å². The summed E-state index contributed by atoms with van der Waals surface area (Å²) in [5.74, 6) is 0.345. The van der Waals surface area contributed by atoms with E-state index in [1.807, 2.05) is 0 Å². The van der Waals surface area contributed by atoms with Gasteiger partial charge in [0, 0.05) is 6.54 Å². The summed E-state index contributed by atoms with van der Waals surface area (Å²) in [6.45, 7) is 2.72. The number of aromatic amines is 1. The van der Waals surface area contributed by atoms with Crippen molar-refractivity contribution >= 4 is 29.1 Å². The maximum absolute atomic E-state index is 11.8. The van der Waals surface area contributed by atoms with Gasteiger partial charge in [0.25, 0.3) is 5.91 Å². The van der Waals surface area contributed by atoms with Gasteiger partial charge in [-0.3, -0.25) is 4.79 Å². The first kappa shape index (κ1) is 12.7. The standard InChI is InChI=1S/C11H15Cl2N3O/c12-8-4-9(16-10(8)13)11(17)15-6-7-2-1-3-14-5-7/h4,7,14,16H,1-3,5-6H2,(H,15,17). The van der Waals surface area contributed by atoms with Gasteiger partial charge in [0.05, 0.1) is 5.02 Å². The number of carbonyl (C=O) groups is 1. The minimum atomic E-state index is -0.163. The Morgan fingerprint density at radius 2 is 2.35 bits per heavy atom. The highest BCUT2D eigenvalue weighted by molar-refractivity contribution is 6.41. The van der Waals surface area contributed by atoms with Crippen molar-refractivity contribution in [2.75, 3.05) is 19.6 Å². The maximum Gasteiger partial charge on any atom is 0.267 e. The van der Waals surface area contributed by atoms with Crippen molar-refractivity contribution in [1.82, 2.24) is 15.6 Å². The van der Waals surface area contributed by atoms with Gasteiger partial charge in [0.15, 0.2) is 0 Å². The molecule has 1 unspecified atom stereocenters. The van der Waals surface area contributed by atoms with Crippen LogP contribution >= 0.6 is 23.2 Å². The molecule has 0 bridgehead atoms. The minimum Gasteiger partial charge on any atom is -0.350 e. The predicted molar refractivity (Wildman–Crippen MR) is 68.7 cm³/mol. The first-order valence-corrected chi connectivity index (χ1v) is 6.45. The lowest BCUT2D eigenvalue weighted by Crippen LogP contribution is -2.38. The van der Waals surface area contributed by atoms with Crippen molar-refractivity contribution in [3.05, 3.63) is 21.9 Å². The molecule has 1 fully saturated rings. The van der Waals surface area contributed by atoms with Crippen LogP contribution < -0.4 is 10.6 Å². The zero-order chi connectivity index (χ0) is 12.3. The van der Waals surface area contributed by atoms with Gasteiger partial charge >= 0.3 is 0 Å². The molecule has 0 spiro atoms. The van der Waals surface area contributed by atoms with E-state index < -0.39 is 0 Å². The second kappa shape index (κ2) is 5.76. The van der Waals surface area contributed by atoms with Gasteiger partial charge in [-0.05, 0) is 37.9 Å². The third-order valence-electron chi connectivity index (χ3n) is 2.92. The quantitative estimate of drug-likeness (QED) is 0.791. The molecule has 1 atom stereocenters. The van der Waals surface area contributed by atoms with Gasteiger partial charge in [-0.25, -0.2) is 0 Å². The molecule has 4 nitrogen and oxygen atoms in total. The second-order valence-electron chi connectivity index (χ2n) is 4.27. The van der Waals surface area contributed by atoms with E-state index in [0.717, 1.165) is 19.5 Å². The van der Waals surface area contributed by atoms with Gasteiger partial charge in [-0.1, -0.05) is 23.2 Å². The van der Waals surface area contributed by atoms with Crippen molar-refractivity contribution in [1.29, 1.82) is 0 Å². The lowest BCUT2D eigenvalue weighted by Gasteiger charge is -2.22. The molecule has 1 saturated heterocycles. The van der Waals surface area contributed by atoms with Crippen LogP contribution in [0.2, 0.25) is 10.2 Å². The summed E-state index contributed by atoms with van der Waals surface area (Å²) in [7, 11) is 0. The van der Waals surface area contributed by atoms with E-state index in [0.29, 0.717) is 28.3 Å². The monoisotopic (exact) mass is 275 g/mol. The lowest BCUT2D eigenvalue weighted by molar-refractivity contribution is 0.0940. The van der Waals surface area contributed by atoms with Gasteiger partial charge in [-0.2, -0.15) is 0 Å². The van der Waals surface area contributed by atoms with Crippen molar-refractivity contribution in [2.24, 2.45) is 5.92 Å². The smallest absolute Gasteiger partial charge is 0.267 e. The van der Waals surface area contributed by atoms with Crippen LogP contribution in [0.3, 0.4) is 0 Å². The highest BCUT2D eigenvalue weighted by Gasteiger charge is 2.16. The fraction of sp³-hybridized carbons (Fsp3) is 0.545. The molecule has 0 aliphatic carbocycles. The first-order valence-electron chi connectivity index (χ1n) is 5.69. The number of hydrogen-bond donors (Lipinski definition) is 3. The van der Waals surface area contributed by atoms with Crippen molar-refractivity contribution in [3.63, 3.8) is 0 Å². The van der Waals surface area contributed by atoms with Crippen LogP contribution in [0.5, 0.6) is 0 Å². The molecule has 1 aliphatic rings. The van der Waals surface area contributed by atoms with Crippen LogP contribution in [-0.4, -0.2) is 30.5 Å². The lowest BCUT2D eigenvalue weighted by atomic mass is 10.00. The maximum atomic E-state index is 11.8. The average Bonchev–Trinajstić information content (AvgIpc) is 2.68. The predicted octanol–water partition coefficient (Wildman–Crippen LogP) is 2.05. The largest absolute Gasteiger partial charge is 0.350 e. The molecule has 0 saturated carbocycles. The summed E-state index contributed by atoms with van der Waals surface area (Å²) < 4.78 is 0. The van der Waals surface area contributed by atoms with Gasteiger partial charge in [0.1, 0.15) is 10.8 Å². The Bertz CT molecular complexity index is 380. The molecule has 0 radical (unpaired) electrons. The Balaban J connectivity index is 1.84. The molecule has 94 valence electrons. The summed E-state index contributed by atoms with van der Waals surface area (Å²) in [6, 6.07) is 1.54. The molecule has 1 aromatic heterocycles. The number of carbonyl (C=O) groups excluding carboxylic acids is 1. The number of nitrogens with one attached hydrogen (secondary N) is 3. The Hall–Kier alpha value is -0.710. The minimum absolute atomic E-state index is 0.163. The molecule has 6 heteroatoms. The number of H-pyrrole nitrogens is 1. The Kier molecular flexibility index (Phi) is 4.31. The van der Waals surface area contributed by atoms with Gasteiger partial charge in [0.2, 0.25) is 0 Å². The summed E-state index contributed by atoms with van der Waals surface area (Å²) in [4.78, 5) is 14.5. The van der Waals surface area contributed by atoms with E-state index in [4.69, 9.17) is 23.2 Å². The van der Waals surface area contributed by atoms with E-state index in [1.54, 1.807) is 6.07 Å². The van der Waals surface area contributed by atoms with Crippen LogP contribution in [-0.2, 0) is 0 Å². The van der Waals surface area contributed by atoms with Crippen LogP contribution in [0.25, 0.3) is 0 Å². The average molecular weight is 276 g/mol. The van der Waals surface area contributed by atoms with E-state index in [9.17, 15) is 4.79 Å². The molecule has 1 aliphatic heterocycles. The molecule has 17 heavy (non-hydrogen) atoms. The van der Waals surface area contributed by atoms with Crippen LogP contribution in [0.15, 0.2) is 6.07 Å². The first-order chi connectivity index (χ1) is 8.16. The zero-order valence-electron chi connectivity index (χ0n) is 9.35. The van der Waals surface area contributed by atoms with E-state index >= 15 is 0 Å².